The third kappa shape index (κ3) is 6.92. The van der Waals surface area contributed by atoms with E-state index in [1.807, 2.05) is 56.0 Å². The van der Waals surface area contributed by atoms with Gasteiger partial charge in [-0.2, -0.15) is 0 Å². The van der Waals surface area contributed by atoms with E-state index < -0.39 is 13.9 Å². The van der Waals surface area contributed by atoms with Gasteiger partial charge in [0.15, 0.2) is 8.32 Å². The number of fused-ring (bicyclic) bond motifs is 1. The number of benzene rings is 1. The van der Waals surface area contributed by atoms with E-state index in [2.05, 4.69) is 41.5 Å². The molecule has 1 aromatic carbocycles. The summed E-state index contributed by atoms with van der Waals surface area (Å²) in [7, 11) is -2.03. The van der Waals surface area contributed by atoms with Crippen LogP contribution >= 0.6 is 0 Å². The standard InChI is InChI=1S/C30H50N2O5Si/c1-21(2)38(22(3)4,23(5)6)36-20-25-17-32(29(34)37-30(7,8)9)27-18-31(16-15-26(25)27)28(33)35-19-24-13-11-10-12-14-24/h10-14,21-23,25-27H,15-20H2,1-9H3. The molecule has 2 amide bonds. The van der Waals surface area contributed by atoms with Crippen LogP contribution in [0.3, 0.4) is 0 Å². The summed E-state index contributed by atoms with van der Waals surface area (Å²) in [5.74, 6) is 0.483. The lowest BCUT2D eigenvalue weighted by Crippen LogP contribution is -2.52. The van der Waals surface area contributed by atoms with Crippen LogP contribution in [0.1, 0.15) is 74.3 Å². The number of piperidine rings is 1. The van der Waals surface area contributed by atoms with Crippen molar-refractivity contribution in [1.29, 1.82) is 0 Å². The van der Waals surface area contributed by atoms with E-state index in [9.17, 15) is 9.59 Å². The van der Waals surface area contributed by atoms with Crippen molar-refractivity contribution in [2.24, 2.45) is 11.8 Å². The van der Waals surface area contributed by atoms with E-state index in [1.165, 1.54) is 0 Å². The molecule has 38 heavy (non-hydrogen) atoms. The highest BCUT2D eigenvalue weighted by Gasteiger charge is 2.51. The lowest BCUT2D eigenvalue weighted by atomic mass is 9.85. The van der Waals surface area contributed by atoms with Crippen LogP contribution in [0, 0.1) is 11.8 Å². The van der Waals surface area contributed by atoms with E-state index in [0.29, 0.717) is 42.9 Å². The van der Waals surface area contributed by atoms with Gasteiger partial charge in [-0.15, -0.1) is 0 Å². The number of hydrogen-bond acceptors (Lipinski definition) is 5. The Morgan fingerprint density at radius 1 is 0.947 bits per heavy atom. The van der Waals surface area contributed by atoms with Crippen LogP contribution in [0.25, 0.3) is 0 Å². The van der Waals surface area contributed by atoms with E-state index in [-0.39, 0.29) is 36.7 Å². The number of ether oxygens (including phenoxy) is 2. The number of rotatable bonds is 8. The van der Waals surface area contributed by atoms with Crippen LogP contribution in [0.5, 0.6) is 0 Å². The number of likely N-dealkylation sites (tertiary alicyclic amines) is 2. The SMILES string of the molecule is CC(C)[Si](OCC1CN(C(=O)OC(C)(C)C)C2CN(C(=O)OCc3ccccc3)CCC12)(C(C)C)C(C)C. The third-order valence-corrected chi connectivity index (χ3v) is 14.5. The maximum absolute atomic E-state index is 13.3. The summed E-state index contributed by atoms with van der Waals surface area (Å²) in [4.78, 5) is 29.9. The van der Waals surface area contributed by atoms with Gasteiger partial charge in [0.05, 0.1) is 6.04 Å². The minimum atomic E-state index is -2.03. The Morgan fingerprint density at radius 3 is 2.11 bits per heavy atom. The highest BCUT2D eigenvalue weighted by molar-refractivity contribution is 6.77. The van der Waals surface area contributed by atoms with Crippen molar-refractivity contribution in [3.05, 3.63) is 35.9 Å². The topological polar surface area (TPSA) is 68.3 Å². The van der Waals surface area contributed by atoms with Gasteiger partial charge in [0.25, 0.3) is 0 Å². The van der Waals surface area contributed by atoms with Gasteiger partial charge in [0.2, 0.25) is 0 Å². The van der Waals surface area contributed by atoms with Gasteiger partial charge < -0.3 is 23.7 Å². The Bertz CT molecular complexity index is 909. The van der Waals surface area contributed by atoms with E-state index in [4.69, 9.17) is 13.9 Å². The summed E-state index contributed by atoms with van der Waals surface area (Å²) in [5, 5.41) is 0. The highest BCUT2D eigenvalue weighted by atomic mass is 28.4. The minimum Gasteiger partial charge on any atom is -0.445 e. The Hall–Kier alpha value is -2.06. The maximum atomic E-state index is 13.3. The Morgan fingerprint density at radius 2 is 1.55 bits per heavy atom. The predicted octanol–water partition coefficient (Wildman–Crippen LogP) is 7.07. The zero-order valence-electron chi connectivity index (χ0n) is 25.0. The molecule has 3 atom stereocenters. The van der Waals surface area contributed by atoms with Crippen molar-refractivity contribution in [1.82, 2.24) is 9.80 Å². The molecule has 3 unspecified atom stereocenters. The molecule has 0 spiro atoms. The van der Waals surface area contributed by atoms with Gasteiger partial charge in [0, 0.05) is 32.2 Å². The molecule has 2 heterocycles. The second-order valence-electron chi connectivity index (χ2n) is 13.0. The monoisotopic (exact) mass is 546 g/mol. The summed E-state index contributed by atoms with van der Waals surface area (Å²) in [6.45, 7) is 22.0. The first-order valence-electron chi connectivity index (χ1n) is 14.4. The Balaban J connectivity index is 1.75. The molecule has 2 aliphatic rings. The zero-order valence-corrected chi connectivity index (χ0v) is 26.0. The van der Waals surface area contributed by atoms with Crippen LogP contribution in [0.4, 0.5) is 9.59 Å². The summed E-state index contributed by atoms with van der Waals surface area (Å²) >= 11 is 0. The van der Waals surface area contributed by atoms with Crippen molar-refractivity contribution in [3.63, 3.8) is 0 Å². The summed E-state index contributed by atoms with van der Waals surface area (Å²) in [5.41, 5.74) is 1.88. The molecule has 2 saturated heterocycles. The molecule has 214 valence electrons. The fraction of sp³-hybridized carbons (Fsp3) is 0.733. The Kier molecular flexibility index (Phi) is 9.96. The smallest absolute Gasteiger partial charge is 0.410 e. The number of carbonyl (C=O) groups is 2. The molecular weight excluding hydrogens is 496 g/mol. The summed E-state index contributed by atoms with van der Waals surface area (Å²) in [6, 6.07) is 9.59. The summed E-state index contributed by atoms with van der Waals surface area (Å²) < 4.78 is 18.4. The first-order chi connectivity index (χ1) is 17.8. The van der Waals surface area contributed by atoms with Crippen molar-refractivity contribution in [2.75, 3.05) is 26.2 Å². The molecule has 3 rings (SSSR count). The molecule has 0 saturated carbocycles. The number of carbonyl (C=O) groups excluding carboxylic acids is 2. The molecular formula is C30H50N2O5Si. The second kappa shape index (κ2) is 12.4. The molecule has 0 aliphatic carbocycles. The third-order valence-electron chi connectivity index (χ3n) is 8.42. The minimum absolute atomic E-state index is 0.107. The molecule has 0 N–H and O–H groups in total. The van der Waals surface area contributed by atoms with Gasteiger partial charge >= 0.3 is 12.2 Å². The van der Waals surface area contributed by atoms with E-state index in [0.717, 1.165) is 12.0 Å². The average Bonchev–Trinajstić information content (AvgIpc) is 3.20. The molecule has 0 aromatic heterocycles. The van der Waals surface area contributed by atoms with Crippen LogP contribution in [-0.4, -0.2) is 68.2 Å². The van der Waals surface area contributed by atoms with Crippen molar-refractivity contribution >= 4 is 20.5 Å². The lowest BCUT2D eigenvalue weighted by Gasteiger charge is -2.43. The normalized spacial score (nSPS) is 22.3. The fourth-order valence-corrected chi connectivity index (χ4v) is 12.3. The zero-order chi connectivity index (χ0) is 28.3. The second-order valence-corrected chi connectivity index (χ2v) is 18.5. The first kappa shape index (κ1) is 30.5. The molecule has 7 nitrogen and oxygen atoms in total. The Labute approximate surface area is 231 Å². The largest absolute Gasteiger partial charge is 0.445 e. The van der Waals surface area contributed by atoms with E-state index in [1.54, 1.807) is 4.90 Å². The molecule has 2 fully saturated rings. The average molecular weight is 547 g/mol. The first-order valence-corrected chi connectivity index (χ1v) is 16.5. The molecule has 8 heteroatoms. The van der Waals surface area contributed by atoms with Crippen molar-refractivity contribution in [2.45, 2.75) is 104 Å². The van der Waals surface area contributed by atoms with Crippen molar-refractivity contribution < 1.29 is 23.5 Å². The quantitative estimate of drug-likeness (QED) is 0.326. The van der Waals surface area contributed by atoms with Gasteiger partial charge in [0.1, 0.15) is 12.2 Å². The van der Waals surface area contributed by atoms with Gasteiger partial charge in [-0.3, -0.25) is 0 Å². The van der Waals surface area contributed by atoms with Crippen LogP contribution in [0.2, 0.25) is 16.6 Å². The van der Waals surface area contributed by atoms with Crippen LogP contribution in [0.15, 0.2) is 30.3 Å². The number of hydrogen-bond donors (Lipinski definition) is 0. The predicted molar refractivity (Wildman–Crippen MR) is 154 cm³/mol. The van der Waals surface area contributed by atoms with Crippen LogP contribution < -0.4 is 0 Å². The summed E-state index contributed by atoms with van der Waals surface area (Å²) in [6.07, 6.45) is 0.175. The van der Waals surface area contributed by atoms with Gasteiger partial charge in [-0.1, -0.05) is 71.9 Å². The lowest BCUT2D eigenvalue weighted by molar-refractivity contribution is 0.0107. The highest BCUT2D eigenvalue weighted by Crippen LogP contribution is 2.44. The van der Waals surface area contributed by atoms with Crippen LogP contribution in [-0.2, 0) is 20.5 Å². The molecule has 2 aliphatic heterocycles. The number of amides is 2. The van der Waals surface area contributed by atoms with Crippen molar-refractivity contribution in [3.8, 4) is 0 Å². The van der Waals surface area contributed by atoms with Gasteiger partial charge in [-0.25, -0.2) is 9.59 Å². The molecule has 1 aromatic rings. The molecule has 0 radical (unpaired) electrons. The fourth-order valence-electron chi connectivity index (χ4n) is 6.79. The molecule has 0 bridgehead atoms. The van der Waals surface area contributed by atoms with Gasteiger partial charge in [-0.05, 0) is 55.3 Å². The maximum Gasteiger partial charge on any atom is 0.410 e. The number of nitrogens with zero attached hydrogens (tertiary/aromatic N) is 2. The van der Waals surface area contributed by atoms with E-state index >= 15 is 0 Å².